The topological polar surface area (TPSA) is 20.2 Å². The van der Waals surface area contributed by atoms with Crippen molar-refractivity contribution in [1.29, 1.82) is 0 Å². The van der Waals surface area contributed by atoms with Crippen molar-refractivity contribution < 1.29 is 5.11 Å². The molecule has 1 rings (SSSR count). The fourth-order valence-corrected chi connectivity index (χ4v) is 1.32. The molecule has 0 unspecified atom stereocenters. The Morgan fingerprint density at radius 1 is 1.46 bits per heavy atom. The van der Waals surface area contributed by atoms with Gasteiger partial charge in [0.1, 0.15) is 5.75 Å². The zero-order chi connectivity index (χ0) is 9.84. The average molecular weight is 176 g/mol. The smallest absolute Gasteiger partial charge is 0.118 e. The van der Waals surface area contributed by atoms with E-state index in [1.807, 2.05) is 19.1 Å². The molecule has 1 aromatic carbocycles. The van der Waals surface area contributed by atoms with Gasteiger partial charge in [0, 0.05) is 0 Å². The molecule has 13 heavy (non-hydrogen) atoms. The minimum atomic E-state index is 0.395. The first-order valence-electron chi connectivity index (χ1n) is 4.63. The summed E-state index contributed by atoms with van der Waals surface area (Å²) >= 11 is 0. The second-order valence-corrected chi connectivity index (χ2v) is 3.37. The largest absolute Gasteiger partial charge is 0.508 e. The molecule has 0 aliphatic heterocycles. The summed E-state index contributed by atoms with van der Waals surface area (Å²) in [5.41, 5.74) is 3.17. The van der Waals surface area contributed by atoms with Gasteiger partial charge < -0.3 is 5.11 Å². The third kappa shape index (κ3) is 2.35. The number of benzene rings is 1. The molecule has 1 N–H and O–H groups in total. The second kappa shape index (κ2) is 4.13. The van der Waals surface area contributed by atoms with Crippen LogP contribution in [0.3, 0.4) is 0 Å². The Labute approximate surface area is 79.7 Å². The first-order valence-corrected chi connectivity index (χ1v) is 4.63. The third-order valence-corrected chi connectivity index (χ3v) is 2.09. The lowest BCUT2D eigenvalue weighted by Crippen LogP contribution is -1.87. The molecular formula is C12H16O. The molecule has 0 atom stereocenters. The Bertz CT molecular complexity index is 313. The van der Waals surface area contributed by atoms with Crippen LogP contribution in [0.5, 0.6) is 5.75 Å². The number of rotatable bonds is 3. The zero-order valence-electron chi connectivity index (χ0n) is 8.30. The standard InChI is InChI=1S/C12H16O/c1-4-5-11-8-10(9(2)3)6-7-12(11)13/h6-8,13H,2,4-5H2,1,3H3. The minimum Gasteiger partial charge on any atom is -0.508 e. The lowest BCUT2D eigenvalue weighted by molar-refractivity contribution is 0.467. The number of phenols is 1. The normalized spacial score (nSPS) is 10.0. The van der Waals surface area contributed by atoms with E-state index in [-0.39, 0.29) is 0 Å². The molecule has 0 saturated heterocycles. The molecule has 0 aliphatic carbocycles. The number of aromatic hydroxyl groups is 1. The maximum Gasteiger partial charge on any atom is 0.118 e. The van der Waals surface area contributed by atoms with Gasteiger partial charge in [-0.05, 0) is 36.6 Å². The van der Waals surface area contributed by atoms with Crippen LogP contribution in [0, 0.1) is 0 Å². The Hall–Kier alpha value is -1.24. The summed E-state index contributed by atoms with van der Waals surface area (Å²) in [5, 5.41) is 9.52. The van der Waals surface area contributed by atoms with E-state index < -0.39 is 0 Å². The molecule has 0 saturated carbocycles. The highest BCUT2D eigenvalue weighted by molar-refractivity contribution is 5.63. The lowest BCUT2D eigenvalue weighted by atomic mass is 10.0. The molecule has 0 radical (unpaired) electrons. The van der Waals surface area contributed by atoms with Gasteiger partial charge in [-0.3, -0.25) is 0 Å². The first-order chi connectivity index (χ1) is 6.15. The molecule has 0 aliphatic rings. The summed E-state index contributed by atoms with van der Waals surface area (Å²) in [5.74, 6) is 0.395. The van der Waals surface area contributed by atoms with E-state index in [2.05, 4.69) is 13.5 Å². The molecule has 0 bridgehead atoms. The van der Waals surface area contributed by atoms with Crippen molar-refractivity contribution in [2.24, 2.45) is 0 Å². The fraction of sp³-hybridized carbons (Fsp3) is 0.333. The van der Waals surface area contributed by atoms with Crippen LogP contribution in [0.25, 0.3) is 5.57 Å². The lowest BCUT2D eigenvalue weighted by Gasteiger charge is -2.06. The van der Waals surface area contributed by atoms with Crippen molar-refractivity contribution in [2.45, 2.75) is 26.7 Å². The van der Waals surface area contributed by atoms with Crippen LogP contribution < -0.4 is 0 Å². The van der Waals surface area contributed by atoms with Gasteiger partial charge in [-0.15, -0.1) is 0 Å². The van der Waals surface area contributed by atoms with Crippen molar-refractivity contribution in [3.8, 4) is 5.75 Å². The van der Waals surface area contributed by atoms with E-state index in [0.717, 1.165) is 29.5 Å². The van der Waals surface area contributed by atoms with Gasteiger partial charge in [-0.1, -0.05) is 31.6 Å². The van der Waals surface area contributed by atoms with Crippen LogP contribution in [-0.2, 0) is 6.42 Å². The van der Waals surface area contributed by atoms with Crippen molar-refractivity contribution in [2.75, 3.05) is 0 Å². The van der Waals surface area contributed by atoms with Gasteiger partial charge in [-0.25, -0.2) is 0 Å². The van der Waals surface area contributed by atoms with Crippen molar-refractivity contribution in [3.63, 3.8) is 0 Å². The maximum absolute atomic E-state index is 9.52. The number of aryl methyl sites for hydroxylation is 1. The van der Waals surface area contributed by atoms with Gasteiger partial charge in [0.05, 0.1) is 0 Å². The molecule has 0 aromatic heterocycles. The molecule has 0 heterocycles. The van der Waals surface area contributed by atoms with Gasteiger partial charge >= 0.3 is 0 Å². The van der Waals surface area contributed by atoms with E-state index in [0.29, 0.717) is 5.75 Å². The van der Waals surface area contributed by atoms with Gasteiger partial charge in [0.25, 0.3) is 0 Å². The van der Waals surface area contributed by atoms with E-state index in [9.17, 15) is 5.11 Å². The maximum atomic E-state index is 9.52. The van der Waals surface area contributed by atoms with Crippen molar-refractivity contribution >= 4 is 5.57 Å². The average Bonchev–Trinajstić information content (AvgIpc) is 2.08. The Morgan fingerprint density at radius 3 is 2.69 bits per heavy atom. The van der Waals surface area contributed by atoms with Gasteiger partial charge in [0.2, 0.25) is 0 Å². The number of allylic oxidation sites excluding steroid dienone is 1. The quantitative estimate of drug-likeness (QED) is 0.748. The van der Waals surface area contributed by atoms with Gasteiger partial charge in [0.15, 0.2) is 0 Å². The Morgan fingerprint density at radius 2 is 2.15 bits per heavy atom. The molecule has 0 spiro atoms. The zero-order valence-corrected chi connectivity index (χ0v) is 8.30. The predicted octanol–water partition coefficient (Wildman–Crippen LogP) is 3.38. The molecule has 0 amide bonds. The summed E-state index contributed by atoms with van der Waals surface area (Å²) in [6.07, 6.45) is 1.97. The molecule has 1 heteroatoms. The van der Waals surface area contributed by atoms with E-state index in [4.69, 9.17) is 0 Å². The third-order valence-electron chi connectivity index (χ3n) is 2.09. The Kier molecular flexibility index (Phi) is 3.13. The number of phenolic OH excluding ortho intramolecular Hbond substituents is 1. The van der Waals surface area contributed by atoms with Crippen molar-refractivity contribution in [3.05, 3.63) is 35.9 Å². The highest BCUT2D eigenvalue weighted by Gasteiger charge is 2.01. The van der Waals surface area contributed by atoms with E-state index in [1.165, 1.54) is 0 Å². The summed E-state index contributed by atoms with van der Waals surface area (Å²) < 4.78 is 0. The monoisotopic (exact) mass is 176 g/mol. The summed E-state index contributed by atoms with van der Waals surface area (Å²) in [4.78, 5) is 0. The van der Waals surface area contributed by atoms with Crippen LogP contribution >= 0.6 is 0 Å². The van der Waals surface area contributed by atoms with Crippen molar-refractivity contribution in [1.82, 2.24) is 0 Å². The summed E-state index contributed by atoms with van der Waals surface area (Å²) in [7, 11) is 0. The molecule has 1 nitrogen and oxygen atoms in total. The fourth-order valence-electron chi connectivity index (χ4n) is 1.32. The number of hydrogen-bond donors (Lipinski definition) is 1. The van der Waals surface area contributed by atoms with Crippen LogP contribution in [-0.4, -0.2) is 5.11 Å². The predicted molar refractivity (Wildman–Crippen MR) is 56.8 cm³/mol. The van der Waals surface area contributed by atoms with Crippen LogP contribution in [0.15, 0.2) is 24.8 Å². The number of hydrogen-bond acceptors (Lipinski definition) is 1. The summed E-state index contributed by atoms with van der Waals surface area (Å²) in [6.45, 7) is 7.95. The molecular weight excluding hydrogens is 160 g/mol. The van der Waals surface area contributed by atoms with E-state index in [1.54, 1.807) is 6.07 Å². The minimum absolute atomic E-state index is 0.395. The second-order valence-electron chi connectivity index (χ2n) is 3.37. The SMILES string of the molecule is C=C(C)c1ccc(O)c(CCC)c1. The molecule has 1 aromatic rings. The van der Waals surface area contributed by atoms with E-state index >= 15 is 0 Å². The van der Waals surface area contributed by atoms with Crippen LogP contribution in [0.2, 0.25) is 0 Å². The van der Waals surface area contributed by atoms with Crippen LogP contribution in [0.1, 0.15) is 31.4 Å². The highest BCUT2D eigenvalue weighted by atomic mass is 16.3. The highest BCUT2D eigenvalue weighted by Crippen LogP contribution is 2.23. The molecule has 0 fully saturated rings. The van der Waals surface area contributed by atoms with Crippen LogP contribution in [0.4, 0.5) is 0 Å². The van der Waals surface area contributed by atoms with Gasteiger partial charge in [-0.2, -0.15) is 0 Å². The first kappa shape index (κ1) is 9.85. The summed E-state index contributed by atoms with van der Waals surface area (Å²) in [6, 6.07) is 5.66. The Balaban J connectivity index is 3.03. The molecule has 70 valence electrons.